The average molecular weight is 528 g/mol. The third-order valence-corrected chi connectivity index (χ3v) is 6.46. The molecule has 0 unspecified atom stereocenters. The Bertz CT molecular complexity index is 901. The van der Waals surface area contributed by atoms with E-state index in [1.807, 2.05) is 0 Å². The first-order valence-electron chi connectivity index (χ1n) is 7.54. The van der Waals surface area contributed by atoms with Crippen LogP contribution in [0, 0.1) is 3.57 Å². The maximum atomic E-state index is 13.1. The van der Waals surface area contributed by atoms with Crippen LogP contribution in [0.3, 0.4) is 0 Å². The van der Waals surface area contributed by atoms with Gasteiger partial charge >= 0.3 is 5.97 Å². The summed E-state index contributed by atoms with van der Waals surface area (Å²) >= 11 is 13.9. The van der Waals surface area contributed by atoms with Crippen LogP contribution in [0.4, 0.5) is 5.69 Å². The number of hydrogen-bond donors (Lipinski definition) is 0. The zero-order chi connectivity index (χ0) is 19.5. The fraction of sp³-hybridized carbons (Fsp3) is 0.235. The van der Waals surface area contributed by atoms with E-state index in [-0.39, 0.29) is 21.0 Å². The Morgan fingerprint density at radius 1 is 1.12 bits per heavy atom. The number of rotatable bonds is 6. The number of halogens is 3. The molecule has 0 atom stereocenters. The third-order valence-electron chi connectivity index (χ3n) is 3.23. The van der Waals surface area contributed by atoms with E-state index in [1.54, 1.807) is 38.1 Å². The largest absolute Gasteiger partial charge is 0.462 e. The number of carbonyl (C=O) groups is 1. The van der Waals surface area contributed by atoms with Gasteiger partial charge in [0.15, 0.2) is 0 Å². The Hall–Kier alpha value is -1.03. The van der Waals surface area contributed by atoms with Gasteiger partial charge in [-0.2, -0.15) is 0 Å². The number of hydrogen-bond acceptors (Lipinski definition) is 4. The molecule has 2 rings (SSSR count). The van der Waals surface area contributed by atoms with Crippen molar-refractivity contribution >= 4 is 67.5 Å². The highest BCUT2D eigenvalue weighted by molar-refractivity contribution is 14.1. The molecule has 0 aliphatic heterocycles. The van der Waals surface area contributed by atoms with Crippen LogP contribution in [0.15, 0.2) is 47.4 Å². The molecule has 0 saturated carbocycles. The summed E-state index contributed by atoms with van der Waals surface area (Å²) in [5.41, 5.74) is 0.345. The lowest BCUT2D eigenvalue weighted by Crippen LogP contribution is -2.37. The molecule has 5 nitrogen and oxygen atoms in total. The number of esters is 1. The molecular formula is C17H16Cl2INO4S. The summed E-state index contributed by atoms with van der Waals surface area (Å²) in [6, 6.07) is 10.8. The molecule has 0 bridgehead atoms. The zero-order valence-electron chi connectivity index (χ0n) is 13.9. The highest BCUT2D eigenvalue weighted by Crippen LogP contribution is 2.29. The minimum atomic E-state index is -4.05. The van der Waals surface area contributed by atoms with Crippen LogP contribution in [0.2, 0.25) is 10.0 Å². The molecule has 0 heterocycles. The van der Waals surface area contributed by atoms with Gasteiger partial charge in [-0.1, -0.05) is 23.2 Å². The van der Waals surface area contributed by atoms with Crippen LogP contribution in [0.5, 0.6) is 0 Å². The predicted molar refractivity (Wildman–Crippen MR) is 111 cm³/mol. The van der Waals surface area contributed by atoms with Crippen LogP contribution in [0.1, 0.15) is 13.8 Å². The van der Waals surface area contributed by atoms with Gasteiger partial charge in [-0.25, -0.2) is 8.42 Å². The first-order chi connectivity index (χ1) is 12.1. The maximum Gasteiger partial charge on any atom is 0.327 e. The van der Waals surface area contributed by atoms with Crippen molar-refractivity contribution in [1.29, 1.82) is 0 Å². The SMILES string of the molecule is CC(C)OC(=O)CN(c1ccc(I)cc1)S(=O)(=O)c1ccc(Cl)c(Cl)c1. The molecule has 0 N–H and O–H groups in total. The lowest BCUT2D eigenvalue weighted by atomic mass is 10.3. The van der Waals surface area contributed by atoms with Gasteiger partial charge in [-0.3, -0.25) is 9.10 Å². The molecule has 0 aromatic heterocycles. The molecule has 0 aliphatic rings. The Morgan fingerprint density at radius 2 is 1.73 bits per heavy atom. The number of ether oxygens (including phenoxy) is 1. The minimum absolute atomic E-state index is 0.0669. The van der Waals surface area contributed by atoms with E-state index >= 15 is 0 Å². The number of nitrogens with zero attached hydrogens (tertiary/aromatic N) is 1. The van der Waals surface area contributed by atoms with E-state index in [9.17, 15) is 13.2 Å². The van der Waals surface area contributed by atoms with Gasteiger partial charge in [0.05, 0.1) is 26.7 Å². The van der Waals surface area contributed by atoms with Crippen LogP contribution >= 0.6 is 45.8 Å². The monoisotopic (exact) mass is 527 g/mol. The molecule has 0 amide bonds. The predicted octanol–water partition coefficient (Wildman–Crippen LogP) is 4.74. The van der Waals surface area contributed by atoms with E-state index in [2.05, 4.69) is 22.6 Å². The molecule has 0 aliphatic carbocycles. The molecule has 140 valence electrons. The Kier molecular flexibility index (Phi) is 7.18. The molecule has 2 aromatic carbocycles. The van der Waals surface area contributed by atoms with E-state index in [0.29, 0.717) is 5.69 Å². The highest BCUT2D eigenvalue weighted by atomic mass is 127. The standard InChI is InChI=1S/C17H16Cl2INO4S/c1-11(2)25-17(22)10-21(13-5-3-12(20)4-6-13)26(23,24)14-7-8-15(18)16(19)9-14/h3-9,11H,10H2,1-2H3. The first kappa shape index (κ1) is 21.3. The van der Waals surface area contributed by atoms with Crippen LogP contribution in [-0.4, -0.2) is 27.0 Å². The van der Waals surface area contributed by atoms with E-state index in [1.165, 1.54) is 18.2 Å². The second-order valence-electron chi connectivity index (χ2n) is 5.60. The lowest BCUT2D eigenvalue weighted by molar-refractivity contribution is -0.145. The van der Waals surface area contributed by atoms with Crippen LogP contribution in [-0.2, 0) is 19.6 Å². The molecular weight excluding hydrogens is 512 g/mol. The zero-order valence-corrected chi connectivity index (χ0v) is 18.4. The summed E-state index contributed by atoms with van der Waals surface area (Å²) in [6.07, 6.45) is -0.353. The van der Waals surface area contributed by atoms with Crippen molar-refractivity contribution in [2.75, 3.05) is 10.8 Å². The topological polar surface area (TPSA) is 63.7 Å². The summed E-state index contributed by atoms with van der Waals surface area (Å²) in [5, 5.41) is 0.353. The Morgan fingerprint density at radius 3 is 2.27 bits per heavy atom. The molecule has 0 saturated heterocycles. The van der Waals surface area contributed by atoms with Crippen molar-refractivity contribution in [3.63, 3.8) is 0 Å². The van der Waals surface area contributed by atoms with Crippen molar-refractivity contribution in [3.05, 3.63) is 56.1 Å². The van der Waals surface area contributed by atoms with Crippen molar-refractivity contribution in [3.8, 4) is 0 Å². The van der Waals surface area contributed by atoms with Gasteiger partial charge in [-0.15, -0.1) is 0 Å². The van der Waals surface area contributed by atoms with Crippen molar-refractivity contribution in [1.82, 2.24) is 0 Å². The summed E-state index contributed by atoms with van der Waals surface area (Å²) in [7, 11) is -4.05. The van der Waals surface area contributed by atoms with E-state index in [0.717, 1.165) is 7.88 Å². The average Bonchev–Trinajstić information content (AvgIpc) is 2.55. The molecule has 2 aromatic rings. The molecule has 0 radical (unpaired) electrons. The molecule has 26 heavy (non-hydrogen) atoms. The third kappa shape index (κ3) is 5.25. The smallest absolute Gasteiger partial charge is 0.327 e. The quantitative estimate of drug-likeness (QED) is 0.402. The van der Waals surface area contributed by atoms with Gasteiger partial charge in [0.1, 0.15) is 6.54 Å². The Balaban J connectivity index is 2.48. The van der Waals surface area contributed by atoms with Crippen molar-refractivity contribution in [2.24, 2.45) is 0 Å². The fourth-order valence-corrected chi connectivity index (χ4v) is 4.26. The second kappa shape index (κ2) is 8.77. The summed E-state index contributed by atoms with van der Waals surface area (Å²) < 4.78 is 33.3. The summed E-state index contributed by atoms with van der Waals surface area (Å²) in [5.74, 6) is -0.651. The summed E-state index contributed by atoms with van der Waals surface area (Å²) in [6.45, 7) is 2.93. The number of sulfonamides is 1. The normalized spacial score (nSPS) is 11.5. The molecule has 0 spiro atoms. The van der Waals surface area contributed by atoms with Gasteiger partial charge in [0.25, 0.3) is 10.0 Å². The van der Waals surface area contributed by atoms with Crippen molar-refractivity contribution < 1.29 is 17.9 Å². The molecule has 9 heteroatoms. The van der Waals surface area contributed by atoms with Crippen LogP contribution in [0.25, 0.3) is 0 Å². The van der Waals surface area contributed by atoms with Crippen molar-refractivity contribution in [2.45, 2.75) is 24.8 Å². The van der Waals surface area contributed by atoms with Crippen LogP contribution < -0.4 is 4.31 Å². The minimum Gasteiger partial charge on any atom is -0.462 e. The van der Waals surface area contributed by atoms with Gasteiger partial charge < -0.3 is 4.74 Å². The van der Waals surface area contributed by atoms with Gasteiger partial charge in [0.2, 0.25) is 0 Å². The first-order valence-corrected chi connectivity index (χ1v) is 10.8. The number of carbonyl (C=O) groups excluding carboxylic acids is 1. The van der Waals surface area contributed by atoms with E-state index < -0.39 is 22.5 Å². The second-order valence-corrected chi connectivity index (χ2v) is 9.52. The lowest BCUT2D eigenvalue weighted by Gasteiger charge is -2.24. The number of benzene rings is 2. The highest BCUT2D eigenvalue weighted by Gasteiger charge is 2.28. The summed E-state index contributed by atoms with van der Waals surface area (Å²) in [4.78, 5) is 12.1. The van der Waals surface area contributed by atoms with E-state index in [4.69, 9.17) is 27.9 Å². The Labute approximate surface area is 176 Å². The van der Waals surface area contributed by atoms with Gasteiger partial charge in [-0.05, 0) is 78.9 Å². The number of anilines is 1. The van der Waals surface area contributed by atoms with Gasteiger partial charge in [0, 0.05) is 3.57 Å². The fourth-order valence-electron chi connectivity index (χ4n) is 2.10. The maximum absolute atomic E-state index is 13.1. The molecule has 0 fully saturated rings.